The van der Waals surface area contributed by atoms with Crippen LogP contribution in [0.2, 0.25) is 0 Å². The van der Waals surface area contributed by atoms with Crippen LogP contribution in [-0.4, -0.2) is 32.7 Å². The summed E-state index contributed by atoms with van der Waals surface area (Å²) in [7, 11) is 5.55. The van der Waals surface area contributed by atoms with Crippen LogP contribution in [0.5, 0.6) is 0 Å². The highest BCUT2D eigenvalue weighted by molar-refractivity contribution is 6.11. The Balaban J connectivity index is 2.08. The van der Waals surface area contributed by atoms with Crippen LogP contribution in [0.25, 0.3) is 0 Å². The molecule has 1 rings (SSSR count). The Morgan fingerprint density at radius 3 is 2.73 bits per heavy atom. The Labute approximate surface area is 69.7 Å². The van der Waals surface area contributed by atoms with Crippen molar-refractivity contribution in [2.75, 3.05) is 6.61 Å². The molecule has 0 amide bonds. The maximum Gasteiger partial charge on any atom is 0.109 e. The lowest BCUT2D eigenvalue weighted by molar-refractivity contribution is -0.0154. The quantitative estimate of drug-likeness (QED) is 0.566. The molecule has 3 heteroatoms. The van der Waals surface area contributed by atoms with Crippen LogP contribution < -0.4 is 0 Å². The first-order valence-electron chi connectivity index (χ1n) is 4.21. The largest absolute Gasteiger partial charge is 0.382 e. The zero-order valence-electron chi connectivity index (χ0n) is 7.25. The molecule has 0 aromatic heterocycles. The van der Waals surface area contributed by atoms with Gasteiger partial charge >= 0.3 is 0 Å². The number of rotatable bonds is 3. The lowest BCUT2D eigenvalue weighted by Crippen LogP contribution is -2.19. The Hall–Kier alpha value is -0.0151. The second kappa shape index (κ2) is 4.12. The van der Waals surface area contributed by atoms with Crippen molar-refractivity contribution in [1.82, 2.24) is 0 Å². The summed E-state index contributed by atoms with van der Waals surface area (Å²) in [5.74, 6) is 0. The molecule has 1 fully saturated rings. The third-order valence-electron chi connectivity index (χ3n) is 1.76. The summed E-state index contributed by atoms with van der Waals surface area (Å²) in [6.07, 6.45) is 2.52. The highest BCUT2D eigenvalue weighted by Gasteiger charge is 2.21. The van der Waals surface area contributed by atoms with Crippen molar-refractivity contribution in [1.29, 1.82) is 0 Å². The molecule has 1 saturated heterocycles. The maximum absolute atomic E-state index is 5.55. The van der Waals surface area contributed by atoms with Gasteiger partial charge in [-0.15, -0.1) is 0 Å². The first-order valence-corrected chi connectivity index (χ1v) is 4.21. The van der Waals surface area contributed by atoms with Crippen LogP contribution in [0.4, 0.5) is 0 Å². The predicted molar refractivity (Wildman–Crippen MR) is 44.7 cm³/mol. The van der Waals surface area contributed by atoms with E-state index in [1.807, 2.05) is 13.8 Å². The zero-order valence-corrected chi connectivity index (χ0v) is 7.25. The average Bonchev–Trinajstić information content (AvgIpc) is 2.31. The molecule has 0 bridgehead atoms. The number of hydrogen-bond acceptors (Lipinski definition) is 2. The van der Waals surface area contributed by atoms with Crippen molar-refractivity contribution in [3.63, 3.8) is 0 Å². The fraction of sp³-hybridized carbons (Fsp3) is 1.00. The molecule has 11 heavy (non-hydrogen) atoms. The number of ether oxygens (including phenoxy) is 2. The molecule has 62 valence electrons. The van der Waals surface area contributed by atoms with E-state index in [9.17, 15) is 0 Å². The molecule has 0 unspecified atom stereocenters. The van der Waals surface area contributed by atoms with E-state index in [0.717, 1.165) is 12.8 Å². The van der Waals surface area contributed by atoms with Crippen molar-refractivity contribution in [3.8, 4) is 0 Å². The van der Waals surface area contributed by atoms with Gasteiger partial charge in [-0.3, -0.25) is 0 Å². The summed E-state index contributed by atoms with van der Waals surface area (Å²) in [6.45, 7) is 4.73. The van der Waals surface area contributed by atoms with Crippen LogP contribution in [0.1, 0.15) is 26.7 Å². The Morgan fingerprint density at radius 1 is 1.55 bits per heavy atom. The zero-order chi connectivity index (χ0) is 8.27. The Kier molecular flexibility index (Phi) is 3.40. The van der Waals surface area contributed by atoms with Gasteiger partial charge in [-0.1, -0.05) is 0 Å². The molecule has 2 atom stereocenters. The summed E-state index contributed by atoms with van der Waals surface area (Å²) in [6, 6.07) is -0.0595. The third-order valence-corrected chi connectivity index (χ3v) is 1.76. The van der Waals surface area contributed by atoms with Gasteiger partial charge in [-0.2, -0.15) is 0 Å². The third kappa shape index (κ3) is 3.26. The van der Waals surface area contributed by atoms with Gasteiger partial charge in [0.05, 0.1) is 18.8 Å². The van der Waals surface area contributed by atoms with Gasteiger partial charge in [0.1, 0.15) is 7.85 Å². The van der Waals surface area contributed by atoms with E-state index >= 15 is 0 Å². The minimum Gasteiger partial charge on any atom is -0.382 e. The average molecular weight is 154 g/mol. The van der Waals surface area contributed by atoms with Crippen molar-refractivity contribution in [2.45, 2.75) is 44.9 Å². The van der Waals surface area contributed by atoms with E-state index in [2.05, 4.69) is 0 Å². The fourth-order valence-corrected chi connectivity index (χ4v) is 1.16. The highest BCUT2D eigenvalue weighted by Crippen LogP contribution is 2.17. The predicted octanol–water partition coefficient (Wildman–Crippen LogP) is 1.08. The molecule has 1 heterocycles. The number of hydrogen-bond donors (Lipinski definition) is 0. The van der Waals surface area contributed by atoms with E-state index in [1.54, 1.807) is 0 Å². The van der Waals surface area contributed by atoms with Gasteiger partial charge in [0.2, 0.25) is 0 Å². The van der Waals surface area contributed by atoms with Crippen LogP contribution >= 0.6 is 0 Å². The lowest BCUT2D eigenvalue weighted by atomic mass is 9.97. The molecule has 0 N–H and O–H groups in total. The van der Waals surface area contributed by atoms with Gasteiger partial charge in [0.25, 0.3) is 0 Å². The van der Waals surface area contributed by atoms with E-state index in [-0.39, 0.29) is 18.2 Å². The van der Waals surface area contributed by atoms with E-state index < -0.39 is 0 Å². The molecule has 0 aromatic rings. The van der Waals surface area contributed by atoms with E-state index in [4.69, 9.17) is 17.3 Å². The molecule has 1 aliphatic heterocycles. The van der Waals surface area contributed by atoms with Gasteiger partial charge < -0.3 is 9.47 Å². The molecule has 1 aliphatic rings. The van der Waals surface area contributed by atoms with E-state index in [1.165, 1.54) is 0 Å². The maximum atomic E-state index is 5.55. The smallest absolute Gasteiger partial charge is 0.109 e. The fourth-order valence-electron chi connectivity index (χ4n) is 1.16. The van der Waals surface area contributed by atoms with Crippen molar-refractivity contribution >= 4 is 7.85 Å². The minimum atomic E-state index is -0.0595. The van der Waals surface area contributed by atoms with Crippen LogP contribution in [-0.2, 0) is 9.47 Å². The van der Waals surface area contributed by atoms with Crippen molar-refractivity contribution in [3.05, 3.63) is 0 Å². The second-order valence-corrected chi connectivity index (χ2v) is 3.26. The first-order chi connectivity index (χ1) is 5.18. The van der Waals surface area contributed by atoms with Crippen LogP contribution in [0.15, 0.2) is 0 Å². The highest BCUT2D eigenvalue weighted by atomic mass is 16.5. The molecule has 0 spiro atoms. The molecule has 0 aromatic carbocycles. The minimum absolute atomic E-state index is 0.0595. The molecule has 0 aliphatic carbocycles. The Bertz CT molecular complexity index is 117. The SMILES string of the molecule is [B][C@H]1CC[C@@H](COC(C)C)O1. The first kappa shape index (κ1) is 9.08. The van der Waals surface area contributed by atoms with Crippen LogP contribution in [0.3, 0.4) is 0 Å². The normalized spacial score (nSPS) is 31.5. The monoisotopic (exact) mass is 154 g/mol. The van der Waals surface area contributed by atoms with Crippen molar-refractivity contribution < 1.29 is 9.47 Å². The topological polar surface area (TPSA) is 18.5 Å². The van der Waals surface area contributed by atoms with Gasteiger partial charge in [-0.05, 0) is 26.7 Å². The molecule has 2 radical (unpaired) electrons. The summed E-state index contributed by atoms with van der Waals surface area (Å²) in [5.41, 5.74) is 0. The molecular weight excluding hydrogens is 139 g/mol. The van der Waals surface area contributed by atoms with Gasteiger partial charge in [0.15, 0.2) is 0 Å². The summed E-state index contributed by atoms with van der Waals surface area (Å²) < 4.78 is 10.8. The van der Waals surface area contributed by atoms with E-state index in [0.29, 0.717) is 6.61 Å². The summed E-state index contributed by atoms with van der Waals surface area (Å²) in [5, 5.41) is 0. The lowest BCUT2D eigenvalue weighted by Gasteiger charge is -2.13. The summed E-state index contributed by atoms with van der Waals surface area (Å²) in [4.78, 5) is 0. The van der Waals surface area contributed by atoms with Gasteiger partial charge in [-0.25, -0.2) is 0 Å². The molecule has 2 nitrogen and oxygen atoms in total. The Morgan fingerprint density at radius 2 is 2.27 bits per heavy atom. The summed E-state index contributed by atoms with van der Waals surface area (Å²) >= 11 is 0. The standard InChI is InChI=1S/C8H15BO2/c1-6(2)10-5-7-3-4-8(9)11-7/h6-8H,3-5H2,1-2H3/t7-,8+/m0/s1. The van der Waals surface area contributed by atoms with Crippen molar-refractivity contribution in [2.24, 2.45) is 0 Å². The molecule has 0 saturated carbocycles. The van der Waals surface area contributed by atoms with Gasteiger partial charge in [0, 0.05) is 6.00 Å². The molecular formula is C8H15BO2. The van der Waals surface area contributed by atoms with Crippen LogP contribution in [0, 0.1) is 0 Å². The second-order valence-electron chi connectivity index (χ2n) is 3.26.